The number of aliphatic hydroxyl groups is 1. The van der Waals surface area contributed by atoms with Crippen LogP contribution in [0, 0.1) is 17.3 Å². The minimum Gasteiger partial charge on any atom is -0.393 e. The molecule has 0 radical (unpaired) electrons. The van der Waals surface area contributed by atoms with E-state index in [0.29, 0.717) is 11.5 Å². The van der Waals surface area contributed by atoms with Crippen LogP contribution in [0.3, 0.4) is 0 Å². The zero-order chi connectivity index (χ0) is 9.05. The van der Waals surface area contributed by atoms with Crippen molar-refractivity contribution in [3.05, 3.63) is 0 Å². The van der Waals surface area contributed by atoms with Crippen molar-refractivity contribution >= 4 is 0 Å². The lowest BCUT2D eigenvalue weighted by atomic mass is 9.69. The van der Waals surface area contributed by atoms with Gasteiger partial charge in [-0.3, -0.25) is 0 Å². The van der Waals surface area contributed by atoms with Crippen molar-refractivity contribution in [1.82, 2.24) is 0 Å². The van der Waals surface area contributed by atoms with Gasteiger partial charge in [-0.15, -0.1) is 0 Å². The van der Waals surface area contributed by atoms with Crippen molar-refractivity contribution in [2.75, 3.05) is 0 Å². The second-order valence-electron chi connectivity index (χ2n) is 5.43. The van der Waals surface area contributed by atoms with Crippen LogP contribution in [0.2, 0.25) is 0 Å². The monoisotopic (exact) mass is 181 g/mol. The molecule has 3 saturated carbocycles. The van der Waals surface area contributed by atoms with E-state index in [1.807, 2.05) is 0 Å². The molecule has 74 valence electrons. The second-order valence-corrected chi connectivity index (χ2v) is 5.43. The lowest BCUT2D eigenvalue weighted by molar-refractivity contribution is 0.103. The highest BCUT2D eigenvalue weighted by molar-refractivity contribution is 5.11. The fourth-order valence-electron chi connectivity index (χ4n) is 4.36. The van der Waals surface area contributed by atoms with Crippen molar-refractivity contribution in [1.29, 1.82) is 0 Å². The Morgan fingerprint density at radius 2 is 2.08 bits per heavy atom. The first-order chi connectivity index (χ1) is 6.22. The summed E-state index contributed by atoms with van der Waals surface area (Å²) in [5.74, 6) is 1.64. The minimum atomic E-state index is -0.0506. The fourth-order valence-corrected chi connectivity index (χ4v) is 4.36. The van der Waals surface area contributed by atoms with Crippen LogP contribution in [0.25, 0.3) is 0 Å². The predicted octanol–water partition coefficient (Wildman–Crippen LogP) is 1.27. The lowest BCUT2D eigenvalue weighted by Crippen LogP contribution is -2.45. The van der Waals surface area contributed by atoms with Crippen LogP contribution in [0.15, 0.2) is 0 Å². The molecule has 0 aromatic rings. The summed E-state index contributed by atoms with van der Waals surface area (Å²) in [6.45, 7) is 0. The smallest absolute Gasteiger partial charge is 0.0546 e. The van der Waals surface area contributed by atoms with Crippen molar-refractivity contribution < 1.29 is 5.11 Å². The fraction of sp³-hybridized carbons (Fsp3) is 1.00. The Morgan fingerprint density at radius 1 is 1.23 bits per heavy atom. The third-order valence-corrected chi connectivity index (χ3v) is 5.02. The lowest BCUT2D eigenvalue weighted by Gasteiger charge is -2.39. The molecule has 0 aromatic heterocycles. The van der Waals surface area contributed by atoms with Crippen molar-refractivity contribution in [2.24, 2.45) is 23.0 Å². The van der Waals surface area contributed by atoms with E-state index in [-0.39, 0.29) is 6.10 Å². The van der Waals surface area contributed by atoms with Gasteiger partial charge in [-0.25, -0.2) is 0 Å². The van der Waals surface area contributed by atoms with Gasteiger partial charge in [-0.2, -0.15) is 0 Å². The maximum atomic E-state index is 9.65. The Labute approximate surface area is 79.5 Å². The van der Waals surface area contributed by atoms with Crippen molar-refractivity contribution in [2.45, 2.75) is 50.7 Å². The van der Waals surface area contributed by atoms with E-state index >= 15 is 0 Å². The first-order valence-electron chi connectivity index (χ1n) is 5.66. The molecule has 2 heteroatoms. The highest BCUT2D eigenvalue weighted by Crippen LogP contribution is 2.61. The molecular weight excluding hydrogens is 162 g/mol. The highest BCUT2D eigenvalue weighted by atomic mass is 16.3. The third-order valence-electron chi connectivity index (χ3n) is 5.02. The zero-order valence-electron chi connectivity index (χ0n) is 8.08. The maximum Gasteiger partial charge on any atom is 0.0546 e. The molecule has 0 aliphatic heterocycles. The number of rotatable bonds is 0. The molecule has 2 unspecified atom stereocenters. The largest absolute Gasteiger partial charge is 0.393 e. The minimum absolute atomic E-state index is 0.0506. The van der Waals surface area contributed by atoms with E-state index < -0.39 is 0 Å². The van der Waals surface area contributed by atoms with Gasteiger partial charge in [0.05, 0.1) is 6.10 Å². The molecule has 3 rings (SSSR count). The standard InChI is InChI=1S/C11H19NO/c12-10-7-1-2-8(5-7)11(10)4-3-9(13)6-11/h7-10,13H,1-6,12H2/t7-,8+,9?,10-,11?/m1/s1. The number of nitrogens with two attached hydrogens (primary N) is 1. The molecule has 3 aliphatic carbocycles. The van der Waals surface area contributed by atoms with Crippen molar-refractivity contribution in [3.63, 3.8) is 0 Å². The van der Waals surface area contributed by atoms with E-state index in [4.69, 9.17) is 5.73 Å². The molecule has 3 N–H and O–H groups in total. The Hall–Kier alpha value is -0.0800. The predicted molar refractivity (Wildman–Crippen MR) is 51.1 cm³/mol. The van der Waals surface area contributed by atoms with E-state index in [1.165, 1.54) is 25.7 Å². The van der Waals surface area contributed by atoms with Crippen LogP contribution in [-0.4, -0.2) is 17.3 Å². The number of fused-ring (bicyclic) bond motifs is 3. The Balaban J connectivity index is 1.90. The molecule has 13 heavy (non-hydrogen) atoms. The normalized spacial score (nSPS) is 59.5. The molecule has 0 heterocycles. The summed E-state index contributed by atoms with van der Waals surface area (Å²) in [6, 6.07) is 0.406. The number of aliphatic hydroxyl groups excluding tert-OH is 1. The van der Waals surface area contributed by atoms with Gasteiger partial charge in [0.1, 0.15) is 0 Å². The summed E-state index contributed by atoms with van der Waals surface area (Å²) in [7, 11) is 0. The Bertz CT molecular complexity index is 226. The molecule has 0 saturated heterocycles. The first-order valence-corrected chi connectivity index (χ1v) is 5.66. The van der Waals surface area contributed by atoms with Gasteiger partial charge in [-0.1, -0.05) is 0 Å². The van der Waals surface area contributed by atoms with Gasteiger partial charge in [0, 0.05) is 6.04 Å². The molecule has 0 aromatic carbocycles. The second kappa shape index (κ2) is 2.48. The van der Waals surface area contributed by atoms with Crippen LogP contribution < -0.4 is 5.73 Å². The van der Waals surface area contributed by atoms with Crippen LogP contribution in [0.4, 0.5) is 0 Å². The molecular formula is C11H19NO. The summed E-state index contributed by atoms with van der Waals surface area (Å²) in [5, 5.41) is 9.65. The van der Waals surface area contributed by atoms with Crippen LogP contribution in [0.5, 0.6) is 0 Å². The maximum absolute atomic E-state index is 9.65. The van der Waals surface area contributed by atoms with Gasteiger partial charge in [0.2, 0.25) is 0 Å². The summed E-state index contributed by atoms with van der Waals surface area (Å²) in [4.78, 5) is 0. The molecule has 2 bridgehead atoms. The highest BCUT2D eigenvalue weighted by Gasteiger charge is 2.58. The zero-order valence-corrected chi connectivity index (χ0v) is 8.08. The molecule has 2 nitrogen and oxygen atoms in total. The average molecular weight is 181 g/mol. The summed E-state index contributed by atoms with van der Waals surface area (Å²) in [5.41, 5.74) is 6.67. The summed E-state index contributed by atoms with van der Waals surface area (Å²) >= 11 is 0. The average Bonchev–Trinajstić information content (AvgIpc) is 2.73. The van der Waals surface area contributed by atoms with Gasteiger partial charge >= 0.3 is 0 Å². The van der Waals surface area contributed by atoms with Crippen LogP contribution >= 0.6 is 0 Å². The molecule has 3 aliphatic rings. The molecule has 5 atom stereocenters. The third kappa shape index (κ3) is 0.909. The Kier molecular flexibility index (Phi) is 1.58. The summed E-state index contributed by atoms with van der Waals surface area (Å²) < 4.78 is 0. The van der Waals surface area contributed by atoms with Gasteiger partial charge in [-0.05, 0) is 55.8 Å². The molecule has 1 spiro atoms. The molecule has 0 amide bonds. The van der Waals surface area contributed by atoms with E-state index in [0.717, 1.165) is 24.7 Å². The van der Waals surface area contributed by atoms with Crippen LogP contribution in [-0.2, 0) is 0 Å². The molecule has 3 fully saturated rings. The van der Waals surface area contributed by atoms with E-state index in [9.17, 15) is 5.11 Å². The SMILES string of the molecule is N[C@@H]1[C@@H]2CC[C@@H](C2)C12CCC(O)C2. The van der Waals surface area contributed by atoms with Gasteiger partial charge in [0.15, 0.2) is 0 Å². The van der Waals surface area contributed by atoms with Crippen molar-refractivity contribution in [3.8, 4) is 0 Å². The quantitative estimate of drug-likeness (QED) is 0.591. The Morgan fingerprint density at radius 3 is 2.62 bits per heavy atom. The van der Waals surface area contributed by atoms with Gasteiger partial charge < -0.3 is 10.8 Å². The van der Waals surface area contributed by atoms with Gasteiger partial charge in [0.25, 0.3) is 0 Å². The summed E-state index contributed by atoms with van der Waals surface area (Å²) in [6.07, 6.45) is 7.22. The topological polar surface area (TPSA) is 46.2 Å². The van der Waals surface area contributed by atoms with E-state index in [1.54, 1.807) is 0 Å². The first kappa shape index (κ1) is 8.25. The van der Waals surface area contributed by atoms with E-state index in [2.05, 4.69) is 0 Å². The number of hydrogen-bond donors (Lipinski definition) is 2. The number of hydrogen-bond acceptors (Lipinski definition) is 2. The van der Waals surface area contributed by atoms with Crippen LogP contribution in [0.1, 0.15) is 38.5 Å².